The van der Waals surface area contributed by atoms with Crippen molar-refractivity contribution in [3.05, 3.63) is 53.8 Å². The van der Waals surface area contributed by atoms with Crippen LogP contribution in [0.4, 0.5) is 15.8 Å². The first kappa shape index (κ1) is 13.9. The number of anilines is 2. The second-order valence-electron chi connectivity index (χ2n) is 5.74. The molecule has 3 nitrogen and oxygen atoms in total. The average molecular weight is 286 g/mol. The standard InChI is InChI=1S/C17H19FN2O/c1-17(19)8-9-21-16-11-14(6-7-15(16)17)20(2)13-5-3-4-12(18)10-13/h3-7,10-11H,8-9,19H2,1-2H3. The van der Waals surface area contributed by atoms with Gasteiger partial charge in [-0.15, -0.1) is 0 Å². The van der Waals surface area contributed by atoms with Gasteiger partial charge in [0.2, 0.25) is 0 Å². The van der Waals surface area contributed by atoms with Crippen molar-refractivity contribution >= 4 is 11.4 Å². The summed E-state index contributed by atoms with van der Waals surface area (Å²) in [5, 5.41) is 0. The Bertz CT molecular complexity index is 670. The maximum absolute atomic E-state index is 13.4. The van der Waals surface area contributed by atoms with E-state index in [0.717, 1.165) is 29.1 Å². The van der Waals surface area contributed by atoms with Gasteiger partial charge >= 0.3 is 0 Å². The van der Waals surface area contributed by atoms with Crippen molar-refractivity contribution in [3.63, 3.8) is 0 Å². The zero-order valence-corrected chi connectivity index (χ0v) is 12.3. The third-order valence-corrected chi connectivity index (χ3v) is 4.04. The van der Waals surface area contributed by atoms with E-state index in [1.807, 2.05) is 43.1 Å². The smallest absolute Gasteiger partial charge is 0.126 e. The van der Waals surface area contributed by atoms with Crippen molar-refractivity contribution in [2.75, 3.05) is 18.6 Å². The number of rotatable bonds is 2. The van der Waals surface area contributed by atoms with E-state index in [-0.39, 0.29) is 11.4 Å². The molecule has 110 valence electrons. The van der Waals surface area contributed by atoms with Crippen LogP contribution >= 0.6 is 0 Å². The summed E-state index contributed by atoms with van der Waals surface area (Å²) in [5.74, 6) is 0.565. The minimum Gasteiger partial charge on any atom is -0.493 e. The number of hydrogen-bond acceptors (Lipinski definition) is 3. The summed E-state index contributed by atoms with van der Waals surface area (Å²) < 4.78 is 19.1. The maximum Gasteiger partial charge on any atom is 0.126 e. The fourth-order valence-corrected chi connectivity index (χ4v) is 2.65. The van der Waals surface area contributed by atoms with Crippen LogP contribution in [0.1, 0.15) is 18.9 Å². The molecule has 2 aromatic rings. The fourth-order valence-electron chi connectivity index (χ4n) is 2.65. The first-order chi connectivity index (χ1) is 9.97. The van der Waals surface area contributed by atoms with Gasteiger partial charge in [-0.2, -0.15) is 0 Å². The van der Waals surface area contributed by atoms with E-state index in [1.165, 1.54) is 12.1 Å². The summed E-state index contributed by atoms with van der Waals surface area (Å²) in [5.41, 5.74) is 8.70. The molecule has 0 saturated carbocycles. The van der Waals surface area contributed by atoms with Gasteiger partial charge in [-0.25, -0.2) is 4.39 Å². The summed E-state index contributed by atoms with van der Waals surface area (Å²) in [4.78, 5) is 1.93. The van der Waals surface area contributed by atoms with Gasteiger partial charge in [0.25, 0.3) is 0 Å². The molecule has 3 rings (SSSR count). The van der Waals surface area contributed by atoms with Crippen molar-refractivity contribution in [1.29, 1.82) is 0 Å². The highest BCUT2D eigenvalue weighted by molar-refractivity contribution is 5.65. The lowest BCUT2D eigenvalue weighted by molar-refractivity contribution is 0.227. The molecule has 2 aromatic carbocycles. The van der Waals surface area contributed by atoms with Crippen LogP contribution in [0.25, 0.3) is 0 Å². The molecule has 4 heteroatoms. The summed E-state index contributed by atoms with van der Waals surface area (Å²) in [6.45, 7) is 2.64. The van der Waals surface area contributed by atoms with Crippen molar-refractivity contribution in [2.24, 2.45) is 5.73 Å². The number of hydrogen-bond donors (Lipinski definition) is 1. The second kappa shape index (κ2) is 5.04. The topological polar surface area (TPSA) is 38.5 Å². The molecule has 0 fully saturated rings. The van der Waals surface area contributed by atoms with Gasteiger partial charge in [-0.3, -0.25) is 0 Å². The van der Waals surface area contributed by atoms with E-state index in [2.05, 4.69) is 0 Å². The number of benzene rings is 2. The van der Waals surface area contributed by atoms with Crippen LogP contribution in [0.3, 0.4) is 0 Å². The van der Waals surface area contributed by atoms with Crippen LogP contribution in [0.2, 0.25) is 0 Å². The van der Waals surface area contributed by atoms with Crippen LogP contribution in [0, 0.1) is 5.82 Å². The first-order valence-electron chi connectivity index (χ1n) is 7.03. The Morgan fingerprint density at radius 3 is 2.71 bits per heavy atom. The number of nitrogens with zero attached hydrogens (tertiary/aromatic N) is 1. The maximum atomic E-state index is 13.4. The number of ether oxygens (including phenoxy) is 1. The lowest BCUT2D eigenvalue weighted by Crippen LogP contribution is -2.38. The third-order valence-electron chi connectivity index (χ3n) is 4.04. The number of halogens is 1. The monoisotopic (exact) mass is 286 g/mol. The Labute approximate surface area is 124 Å². The average Bonchev–Trinajstić information content (AvgIpc) is 2.46. The zero-order chi connectivity index (χ0) is 15.0. The molecule has 0 aliphatic carbocycles. The fraction of sp³-hybridized carbons (Fsp3) is 0.294. The van der Waals surface area contributed by atoms with E-state index in [9.17, 15) is 4.39 Å². The van der Waals surface area contributed by atoms with E-state index in [1.54, 1.807) is 6.07 Å². The normalized spacial score (nSPS) is 20.6. The minimum atomic E-state index is -0.358. The zero-order valence-electron chi connectivity index (χ0n) is 12.3. The first-order valence-corrected chi connectivity index (χ1v) is 7.03. The van der Waals surface area contributed by atoms with Crippen LogP contribution < -0.4 is 15.4 Å². The number of fused-ring (bicyclic) bond motifs is 1. The molecule has 1 aliphatic rings. The lowest BCUT2D eigenvalue weighted by Gasteiger charge is -2.33. The van der Waals surface area contributed by atoms with Gasteiger partial charge in [0.15, 0.2) is 0 Å². The van der Waals surface area contributed by atoms with Gasteiger partial charge < -0.3 is 15.4 Å². The Morgan fingerprint density at radius 1 is 1.19 bits per heavy atom. The second-order valence-corrected chi connectivity index (χ2v) is 5.74. The molecule has 0 amide bonds. The predicted octanol–water partition coefficient (Wildman–Crippen LogP) is 3.55. The predicted molar refractivity (Wildman–Crippen MR) is 82.6 cm³/mol. The van der Waals surface area contributed by atoms with Gasteiger partial charge in [0, 0.05) is 42.0 Å². The molecule has 0 spiro atoms. The molecule has 1 atom stereocenters. The quantitative estimate of drug-likeness (QED) is 0.917. The summed E-state index contributed by atoms with van der Waals surface area (Å²) >= 11 is 0. The molecule has 21 heavy (non-hydrogen) atoms. The highest BCUT2D eigenvalue weighted by Gasteiger charge is 2.29. The molecule has 0 saturated heterocycles. The van der Waals surface area contributed by atoms with E-state index < -0.39 is 0 Å². The van der Waals surface area contributed by atoms with E-state index >= 15 is 0 Å². The van der Waals surface area contributed by atoms with Crippen molar-refractivity contribution < 1.29 is 9.13 Å². The lowest BCUT2D eigenvalue weighted by atomic mass is 9.87. The van der Waals surface area contributed by atoms with Crippen LogP contribution in [-0.2, 0) is 5.54 Å². The van der Waals surface area contributed by atoms with Crippen molar-refractivity contribution in [3.8, 4) is 5.75 Å². The van der Waals surface area contributed by atoms with Crippen LogP contribution in [-0.4, -0.2) is 13.7 Å². The highest BCUT2D eigenvalue weighted by atomic mass is 19.1. The molecular weight excluding hydrogens is 267 g/mol. The molecular formula is C17H19FN2O. The number of nitrogens with two attached hydrogens (primary N) is 1. The van der Waals surface area contributed by atoms with Crippen molar-refractivity contribution in [1.82, 2.24) is 0 Å². The Balaban J connectivity index is 1.97. The summed E-state index contributed by atoms with van der Waals surface area (Å²) in [7, 11) is 1.90. The third kappa shape index (κ3) is 2.59. The Hall–Kier alpha value is -2.07. The Kier molecular flexibility index (Phi) is 3.33. The molecule has 0 bridgehead atoms. The summed E-state index contributed by atoms with van der Waals surface area (Å²) in [6, 6.07) is 12.5. The van der Waals surface area contributed by atoms with Gasteiger partial charge in [-0.1, -0.05) is 12.1 Å². The molecule has 0 radical (unpaired) electrons. The minimum absolute atomic E-state index is 0.247. The molecule has 1 heterocycles. The van der Waals surface area contributed by atoms with Crippen molar-refractivity contribution in [2.45, 2.75) is 18.9 Å². The van der Waals surface area contributed by atoms with Gasteiger partial charge in [0.05, 0.1) is 6.61 Å². The van der Waals surface area contributed by atoms with Gasteiger partial charge in [0.1, 0.15) is 11.6 Å². The van der Waals surface area contributed by atoms with Gasteiger partial charge in [-0.05, 0) is 31.2 Å². The highest BCUT2D eigenvalue weighted by Crippen LogP contribution is 2.38. The SMILES string of the molecule is CN(c1cccc(F)c1)c1ccc2c(c1)OCCC2(C)N. The largest absolute Gasteiger partial charge is 0.493 e. The molecule has 1 aliphatic heterocycles. The van der Waals surface area contributed by atoms with Crippen LogP contribution in [0.15, 0.2) is 42.5 Å². The van der Waals surface area contributed by atoms with Crippen LogP contribution in [0.5, 0.6) is 5.75 Å². The molecule has 0 aromatic heterocycles. The van der Waals surface area contributed by atoms with E-state index in [4.69, 9.17) is 10.5 Å². The Morgan fingerprint density at radius 2 is 1.95 bits per heavy atom. The molecule has 1 unspecified atom stereocenters. The molecule has 2 N–H and O–H groups in total. The van der Waals surface area contributed by atoms with E-state index in [0.29, 0.717) is 6.61 Å². The summed E-state index contributed by atoms with van der Waals surface area (Å²) in [6.07, 6.45) is 0.805.